The smallest absolute Gasteiger partial charge is 0.255 e. The number of carbonyl (C=O) groups excluding carboxylic acids is 1. The molecule has 1 heterocycles. The molecule has 1 aromatic carbocycles. The molecular weight excluding hydrogens is 248 g/mol. The van der Waals surface area contributed by atoms with Gasteiger partial charge in [0, 0.05) is 6.04 Å². The zero-order chi connectivity index (χ0) is 13.0. The summed E-state index contributed by atoms with van der Waals surface area (Å²) < 4.78 is 5.20. The fraction of sp³-hybridized carbons (Fsp3) is 0.462. The number of rotatable bonds is 3. The Labute approximate surface area is 111 Å². The van der Waals surface area contributed by atoms with Crippen LogP contribution in [0.4, 0.5) is 5.69 Å². The maximum Gasteiger partial charge on any atom is 0.255 e. The lowest BCUT2D eigenvalue weighted by molar-refractivity contribution is 0.0932. The van der Waals surface area contributed by atoms with Gasteiger partial charge in [0.2, 0.25) is 0 Å². The molecule has 1 aromatic rings. The van der Waals surface area contributed by atoms with Crippen molar-refractivity contribution in [3.05, 3.63) is 23.8 Å². The van der Waals surface area contributed by atoms with Crippen molar-refractivity contribution >= 4 is 23.4 Å². The van der Waals surface area contributed by atoms with Crippen molar-refractivity contribution in [2.75, 3.05) is 24.3 Å². The number of nitrogens with one attached hydrogen (secondary N) is 1. The number of nitrogen functional groups attached to an aromatic ring is 1. The summed E-state index contributed by atoms with van der Waals surface area (Å²) in [5.74, 6) is 2.58. The SMILES string of the molecule is COc1c(N)cccc1C(=O)NC1CCSCC1. The fourth-order valence-electron chi connectivity index (χ4n) is 2.07. The number of ether oxygens (including phenoxy) is 1. The van der Waals surface area contributed by atoms with Crippen molar-refractivity contribution in [2.24, 2.45) is 0 Å². The zero-order valence-electron chi connectivity index (χ0n) is 10.4. The standard InChI is InChI=1S/C13H18N2O2S/c1-17-12-10(3-2-4-11(12)14)13(16)15-9-5-7-18-8-6-9/h2-4,9H,5-8,14H2,1H3,(H,15,16). The molecule has 2 rings (SSSR count). The Balaban J connectivity index is 2.10. The summed E-state index contributed by atoms with van der Waals surface area (Å²) in [7, 11) is 1.53. The summed E-state index contributed by atoms with van der Waals surface area (Å²) in [6.07, 6.45) is 2.06. The third-order valence-corrected chi connectivity index (χ3v) is 4.10. The molecule has 1 amide bonds. The Morgan fingerprint density at radius 2 is 2.17 bits per heavy atom. The van der Waals surface area contributed by atoms with Crippen LogP contribution in [0, 0.1) is 0 Å². The zero-order valence-corrected chi connectivity index (χ0v) is 11.3. The molecule has 98 valence electrons. The average molecular weight is 266 g/mol. The molecule has 0 bridgehead atoms. The van der Waals surface area contributed by atoms with E-state index < -0.39 is 0 Å². The highest BCUT2D eigenvalue weighted by atomic mass is 32.2. The van der Waals surface area contributed by atoms with Gasteiger partial charge in [0.05, 0.1) is 18.4 Å². The lowest BCUT2D eigenvalue weighted by atomic mass is 10.1. The van der Waals surface area contributed by atoms with Crippen molar-refractivity contribution in [1.82, 2.24) is 5.32 Å². The van der Waals surface area contributed by atoms with Gasteiger partial charge in [-0.2, -0.15) is 11.8 Å². The second kappa shape index (κ2) is 6.00. The van der Waals surface area contributed by atoms with Crippen LogP contribution in [-0.2, 0) is 0 Å². The molecule has 0 unspecified atom stereocenters. The number of anilines is 1. The molecule has 0 saturated carbocycles. The fourth-order valence-corrected chi connectivity index (χ4v) is 3.17. The summed E-state index contributed by atoms with van der Waals surface area (Å²) in [6, 6.07) is 5.50. The van der Waals surface area contributed by atoms with Crippen molar-refractivity contribution in [3.63, 3.8) is 0 Å². The highest BCUT2D eigenvalue weighted by molar-refractivity contribution is 7.99. The highest BCUT2D eigenvalue weighted by Gasteiger charge is 2.19. The van der Waals surface area contributed by atoms with Crippen LogP contribution >= 0.6 is 11.8 Å². The molecule has 0 spiro atoms. The van der Waals surface area contributed by atoms with Gasteiger partial charge in [-0.1, -0.05) is 6.07 Å². The molecule has 3 N–H and O–H groups in total. The lowest BCUT2D eigenvalue weighted by Gasteiger charge is -2.23. The van der Waals surface area contributed by atoms with E-state index in [9.17, 15) is 4.79 Å². The second-order valence-electron chi connectivity index (χ2n) is 4.29. The van der Waals surface area contributed by atoms with E-state index in [-0.39, 0.29) is 11.9 Å². The Morgan fingerprint density at radius 1 is 1.44 bits per heavy atom. The topological polar surface area (TPSA) is 64.3 Å². The van der Waals surface area contributed by atoms with Crippen LogP contribution in [0.2, 0.25) is 0 Å². The number of carbonyl (C=O) groups is 1. The van der Waals surface area contributed by atoms with E-state index in [1.165, 1.54) is 7.11 Å². The Bertz CT molecular complexity index is 431. The highest BCUT2D eigenvalue weighted by Crippen LogP contribution is 2.26. The first-order valence-corrected chi connectivity index (χ1v) is 7.19. The minimum atomic E-state index is -0.101. The quantitative estimate of drug-likeness (QED) is 0.820. The minimum absolute atomic E-state index is 0.101. The van der Waals surface area contributed by atoms with E-state index in [2.05, 4.69) is 5.32 Å². The molecule has 0 aliphatic carbocycles. The molecule has 0 atom stereocenters. The van der Waals surface area contributed by atoms with Gasteiger partial charge in [-0.25, -0.2) is 0 Å². The number of hydrogen-bond donors (Lipinski definition) is 2. The van der Waals surface area contributed by atoms with Crippen molar-refractivity contribution in [3.8, 4) is 5.75 Å². The summed E-state index contributed by atoms with van der Waals surface area (Å²) in [5.41, 5.74) is 6.79. The molecule has 1 aliphatic rings. The number of nitrogens with two attached hydrogens (primary N) is 1. The average Bonchev–Trinajstić information content (AvgIpc) is 2.39. The second-order valence-corrected chi connectivity index (χ2v) is 5.51. The van der Waals surface area contributed by atoms with E-state index in [1.54, 1.807) is 18.2 Å². The Kier molecular flexibility index (Phi) is 4.36. The van der Waals surface area contributed by atoms with Crippen molar-refractivity contribution < 1.29 is 9.53 Å². The van der Waals surface area contributed by atoms with Gasteiger partial charge in [0.25, 0.3) is 5.91 Å². The molecule has 1 aliphatic heterocycles. The van der Waals surface area contributed by atoms with E-state index in [0.717, 1.165) is 24.3 Å². The molecule has 1 fully saturated rings. The molecular formula is C13H18N2O2S. The number of methoxy groups -OCH3 is 1. The summed E-state index contributed by atoms with van der Waals surface area (Å²) in [6.45, 7) is 0. The van der Waals surface area contributed by atoms with Gasteiger partial charge in [0.1, 0.15) is 0 Å². The molecule has 18 heavy (non-hydrogen) atoms. The molecule has 0 radical (unpaired) electrons. The number of hydrogen-bond acceptors (Lipinski definition) is 4. The van der Waals surface area contributed by atoms with Gasteiger partial charge in [-0.15, -0.1) is 0 Å². The van der Waals surface area contributed by atoms with Crippen LogP contribution in [0.1, 0.15) is 23.2 Å². The maximum absolute atomic E-state index is 12.2. The van der Waals surface area contributed by atoms with E-state index in [0.29, 0.717) is 17.0 Å². The van der Waals surface area contributed by atoms with Gasteiger partial charge < -0.3 is 15.8 Å². The van der Waals surface area contributed by atoms with Gasteiger partial charge in [0.15, 0.2) is 5.75 Å². The Hall–Kier alpha value is -1.36. The largest absolute Gasteiger partial charge is 0.494 e. The molecule has 0 aromatic heterocycles. The van der Waals surface area contributed by atoms with Gasteiger partial charge in [-0.3, -0.25) is 4.79 Å². The van der Waals surface area contributed by atoms with E-state index >= 15 is 0 Å². The van der Waals surface area contributed by atoms with E-state index in [4.69, 9.17) is 10.5 Å². The predicted octanol–water partition coefficient (Wildman–Crippen LogP) is 1.90. The van der Waals surface area contributed by atoms with E-state index in [1.807, 2.05) is 11.8 Å². The molecule has 5 heteroatoms. The van der Waals surface area contributed by atoms with Crippen LogP contribution < -0.4 is 15.8 Å². The molecule has 4 nitrogen and oxygen atoms in total. The number of para-hydroxylation sites is 1. The van der Waals surface area contributed by atoms with Crippen LogP contribution in [-0.4, -0.2) is 30.6 Å². The third kappa shape index (κ3) is 2.90. The number of benzene rings is 1. The van der Waals surface area contributed by atoms with Crippen molar-refractivity contribution in [1.29, 1.82) is 0 Å². The predicted molar refractivity (Wildman–Crippen MR) is 75.2 cm³/mol. The normalized spacial score (nSPS) is 16.3. The maximum atomic E-state index is 12.2. The van der Waals surface area contributed by atoms with Gasteiger partial charge in [-0.05, 0) is 36.5 Å². The monoisotopic (exact) mass is 266 g/mol. The molecule has 1 saturated heterocycles. The van der Waals surface area contributed by atoms with Crippen LogP contribution in [0.25, 0.3) is 0 Å². The summed E-state index contributed by atoms with van der Waals surface area (Å²) >= 11 is 1.94. The van der Waals surface area contributed by atoms with Crippen molar-refractivity contribution in [2.45, 2.75) is 18.9 Å². The third-order valence-electron chi connectivity index (χ3n) is 3.05. The van der Waals surface area contributed by atoms with Crippen LogP contribution in [0.5, 0.6) is 5.75 Å². The summed E-state index contributed by atoms with van der Waals surface area (Å²) in [5, 5.41) is 3.05. The van der Waals surface area contributed by atoms with Crippen LogP contribution in [0.3, 0.4) is 0 Å². The number of amides is 1. The lowest BCUT2D eigenvalue weighted by Crippen LogP contribution is -2.37. The first-order chi connectivity index (χ1) is 8.72. The van der Waals surface area contributed by atoms with Gasteiger partial charge >= 0.3 is 0 Å². The minimum Gasteiger partial charge on any atom is -0.494 e. The first kappa shape index (κ1) is 13.1. The summed E-state index contributed by atoms with van der Waals surface area (Å²) in [4.78, 5) is 12.2. The Morgan fingerprint density at radius 3 is 2.83 bits per heavy atom. The first-order valence-electron chi connectivity index (χ1n) is 6.03. The van der Waals surface area contributed by atoms with Crippen LogP contribution in [0.15, 0.2) is 18.2 Å². The number of thioether (sulfide) groups is 1.